The monoisotopic (exact) mass is 241 g/mol. The SMILES string of the molecule is CCCC(OC)c1noc(C(N)(CC)CC)n1. The molecule has 0 aromatic carbocycles. The molecule has 0 spiro atoms. The van der Waals surface area contributed by atoms with Gasteiger partial charge in [0.25, 0.3) is 0 Å². The molecule has 2 N–H and O–H groups in total. The molecule has 0 saturated heterocycles. The minimum atomic E-state index is -0.518. The van der Waals surface area contributed by atoms with Gasteiger partial charge in [0.2, 0.25) is 11.7 Å². The molecule has 1 rings (SSSR count). The summed E-state index contributed by atoms with van der Waals surface area (Å²) in [5.41, 5.74) is 5.69. The molecule has 0 amide bonds. The van der Waals surface area contributed by atoms with Crippen LogP contribution >= 0.6 is 0 Å². The molecule has 1 unspecified atom stereocenters. The van der Waals surface area contributed by atoms with E-state index in [4.69, 9.17) is 15.0 Å². The van der Waals surface area contributed by atoms with Gasteiger partial charge < -0.3 is 15.0 Å². The smallest absolute Gasteiger partial charge is 0.246 e. The highest BCUT2D eigenvalue weighted by atomic mass is 16.5. The van der Waals surface area contributed by atoms with Crippen LogP contribution in [0, 0.1) is 0 Å². The molecule has 1 heterocycles. The third kappa shape index (κ3) is 3.04. The Kier molecular flexibility index (Phi) is 5.08. The lowest BCUT2D eigenvalue weighted by molar-refractivity contribution is 0.0854. The van der Waals surface area contributed by atoms with Crippen molar-refractivity contribution in [1.29, 1.82) is 0 Å². The number of rotatable bonds is 7. The molecule has 1 aromatic heterocycles. The topological polar surface area (TPSA) is 74.2 Å². The van der Waals surface area contributed by atoms with Crippen molar-refractivity contribution in [1.82, 2.24) is 10.1 Å². The standard InChI is InChI=1S/C12H23N3O2/c1-5-8-9(16-4)10-14-11(17-15-10)12(13,6-2)7-3/h9H,5-8,13H2,1-4H3. The number of nitrogens with zero attached hydrogens (tertiary/aromatic N) is 2. The van der Waals surface area contributed by atoms with Crippen LogP contribution in [-0.2, 0) is 10.3 Å². The number of methoxy groups -OCH3 is 1. The van der Waals surface area contributed by atoms with Gasteiger partial charge in [0, 0.05) is 7.11 Å². The summed E-state index contributed by atoms with van der Waals surface area (Å²) < 4.78 is 10.6. The average Bonchev–Trinajstić information content (AvgIpc) is 2.84. The summed E-state index contributed by atoms with van der Waals surface area (Å²) >= 11 is 0. The van der Waals surface area contributed by atoms with Crippen molar-refractivity contribution in [2.75, 3.05) is 7.11 Å². The Morgan fingerprint density at radius 3 is 2.47 bits per heavy atom. The van der Waals surface area contributed by atoms with E-state index in [0.717, 1.165) is 25.7 Å². The average molecular weight is 241 g/mol. The van der Waals surface area contributed by atoms with Crippen molar-refractivity contribution in [3.63, 3.8) is 0 Å². The van der Waals surface area contributed by atoms with E-state index in [-0.39, 0.29) is 6.10 Å². The zero-order valence-corrected chi connectivity index (χ0v) is 11.2. The summed E-state index contributed by atoms with van der Waals surface area (Å²) in [5, 5.41) is 3.98. The second-order valence-corrected chi connectivity index (χ2v) is 4.33. The van der Waals surface area contributed by atoms with E-state index in [0.29, 0.717) is 11.7 Å². The number of hydrogen-bond acceptors (Lipinski definition) is 5. The minimum Gasteiger partial charge on any atom is -0.373 e. The fourth-order valence-electron chi connectivity index (χ4n) is 1.73. The van der Waals surface area contributed by atoms with Crippen molar-refractivity contribution >= 4 is 0 Å². The first kappa shape index (κ1) is 14.1. The molecular weight excluding hydrogens is 218 g/mol. The van der Waals surface area contributed by atoms with Crippen LogP contribution in [-0.4, -0.2) is 17.3 Å². The Morgan fingerprint density at radius 2 is 2.00 bits per heavy atom. The third-order valence-corrected chi connectivity index (χ3v) is 3.25. The summed E-state index contributed by atoms with van der Waals surface area (Å²) in [4.78, 5) is 4.39. The van der Waals surface area contributed by atoms with Crippen molar-refractivity contribution in [2.45, 2.75) is 58.1 Å². The first-order valence-electron chi connectivity index (χ1n) is 6.27. The molecule has 0 aliphatic rings. The van der Waals surface area contributed by atoms with Crippen LogP contribution in [0.4, 0.5) is 0 Å². The Labute approximate surface area is 103 Å². The van der Waals surface area contributed by atoms with Crippen LogP contribution in [0.2, 0.25) is 0 Å². The molecule has 0 aliphatic carbocycles. The van der Waals surface area contributed by atoms with Gasteiger partial charge in [0.1, 0.15) is 6.10 Å². The first-order chi connectivity index (χ1) is 8.11. The van der Waals surface area contributed by atoms with Crippen LogP contribution in [0.1, 0.15) is 64.3 Å². The number of hydrogen-bond donors (Lipinski definition) is 1. The van der Waals surface area contributed by atoms with Gasteiger partial charge >= 0.3 is 0 Å². The molecule has 98 valence electrons. The van der Waals surface area contributed by atoms with Crippen molar-refractivity contribution in [2.24, 2.45) is 5.73 Å². The van der Waals surface area contributed by atoms with Gasteiger partial charge in [-0.25, -0.2) is 0 Å². The van der Waals surface area contributed by atoms with Gasteiger partial charge in [-0.15, -0.1) is 0 Å². The predicted octanol–water partition coefficient (Wildman–Crippen LogP) is 2.53. The van der Waals surface area contributed by atoms with Crippen LogP contribution in [0.3, 0.4) is 0 Å². The van der Waals surface area contributed by atoms with Gasteiger partial charge in [0.05, 0.1) is 5.54 Å². The van der Waals surface area contributed by atoms with Crippen molar-refractivity contribution in [3.05, 3.63) is 11.7 Å². The van der Waals surface area contributed by atoms with E-state index < -0.39 is 5.54 Å². The Bertz CT molecular complexity index is 334. The van der Waals surface area contributed by atoms with Gasteiger partial charge in [-0.1, -0.05) is 32.3 Å². The fourth-order valence-corrected chi connectivity index (χ4v) is 1.73. The first-order valence-corrected chi connectivity index (χ1v) is 6.27. The lowest BCUT2D eigenvalue weighted by atomic mass is 9.94. The van der Waals surface area contributed by atoms with E-state index in [1.807, 2.05) is 13.8 Å². The highest BCUT2D eigenvalue weighted by Gasteiger charge is 2.31. The molecule has 0 saturated carbocycles. The Morgan fingerprint density at radius 1 is 1.35 bits per heavy atom. The minimum absolute atomic E-state index is 0.101. The van der Waals surface area contributed by atoms with Crippen LogP contribution in [0.15, 0.2) is 4.52 Å². The number of nitrogens with two attached hydrogens (primary N) is 1. The molecule has 17 heavy (non-hydrogen) atoms. The summed E-state index contributed by atoms with van der Waals surface area (Å²) in [7, 11) is 1.66. The van der Waals surface area contributed by atoms with E-state index in [2.05, 4.69) is 17.1 Å². The molecule has 1 atom stereocenters. The van der Waals surface area contributed by atoms with E-state index >= 15 is 0 Å². The predicted molar refractivity (Wildman–Crippen MR) is 65.4 cm³/mol. The molecule has 5 heteroatoms. The largest absolute Gasteiger partial charge is 0.373 e. The normalized spacial score (nSPS) is 13.9. The molecule has 1 aromatic rings. The molecular formula is C12H23N3O2. The third-order valence-electron chi connectivity index (χ3n) is 3.25. The fraction of sp³-hybridized carbons (Fsp3) is 0.833. The van der Waals surface area contributed by atoms with Gasteiger partial charge in [0.15, 0.2) is 0 Å². The van der Waals surface area contributed by atoms with Gasteiger partial charge in [-0.2, -0.15) is 4.98 Å². The lowest BCUT2D eigenvalue weighted by Gasteiger charge is -2.21. The number of aromatic nitrogens is 2. The maximum absolute atomic E-state index is 6.21. The summed E-state index contributed by atoms with van der Waals surface area (Å²) in [6, 6.07) is 0. The van der Waals surface area contributed by atoms with Crippen molar-refractivity contribution in [3.8, 4) is 0 Å². The van der Waals surface area contributed by atoms with E-state index in [1.54, 1.807) is 7.11 Å². The highest BCUT2D eigenvalue weighted by molar-refractivity contribution is 5.02. The number of ether oxygens (including phenoxy) is 1. The summed E-state index contributed by atoms with van der Waals surface area (Å²) in [6.07, 6.45) is 3.34. The summed E-state index contributed by atoms with van der Waals surface area (Å²) in [6.45, 7) is 6.14. The van der Waals surface area contributed by atoms with Gasteiger partial charge in [-0.3, -0.25) is 0 Å². The maximum atomic E-state index is 6.21. The molecule has 5 nitrogen and oxygen atoms in total. The lowest BCUT2D eigenvalue weighted by Crippen LogP contribution is -2.35. The Balaban J connectivity index is 2.90. The van der Waals surface area contributed by atoms with Crippen LogP contribution < -0.4 is 5.73 Å². The molecule has 0 fully saturated rings. The Hall–Kier alpha value is -0.940. The zero-order valence-electron chi connectivity index (χ0n) is 11.2. The molecule has 0 radical (unpaired) electrons. The summed E-state index contributed by atoms with van der Waals surface area (Å²) in [5.74, 6) is 1.11. The second-order valence-electron chi connectivity index (χ2n) is 4.33. The zero-order chi connectivity index (χ0) is 12.9. The van der Waals surface area contributed by atoms with Crippen LogP contribution in [0.5, 0.6) is 0 Å². The van der Waals surface area contributed by atoms with E-state index in [9.17, 15) is 0 Å². The molecule has 0 bridgehead atoms. The quantitative estimate of drug-likeness (QED) is 0.794. The highest BCUT2D eigenvalue weighted by Crippen LogP contribution is 2.26. The van der Waals surface area contributed by atoms with Crippen LogP contribution in [0.25, 0.3) is 0 Å². The van der Waals surface area contributed by atoms with E-state index in [1.165, 1.54) is 0 Å². The maximum Gasteiger partial charge on any atom is 0.246 e. The second kappa shape index (κ2) is 6.12. The molecule has 0 aliphatic heterocycles. The van der Waals surface area contributed by atoms with Gasteiger partial charge in [-0.05, 0) is 19.3 Å². The van der Waals surface area contributed by atoms with Crippen molar-refractivity contribution < 1.29 is 9.26 Å².